The van der Waals surface area contributed by atoms with Crippen molar-refractivity contribution in [2.45, 2.75) is 110 Å². The van der Waals surface area contributed by atoms with Crippen molar-refractivity contribution < 1.29 is 0 Å². The van der Waals surface area contributed by atoms with Gasteiger partial charge in [0.2, 0.25) is 0 Å². The van der Waals surface area contributed by atoms with Crippen molar-refractivity contribution in [1.29, 1.82) is 0 Å². The van der Waals surface area contributed by atoms with Crippen molar-refractivity contribution in [3.8, 4) is 11.1 Å². The maximum absolute atomic E-state index is 3.80. The van der Waals surface area contributed by atoms with Crippen LogP contribution >= 0.6 is 54.5 Å². The Balaban J connectivity index is 0.000000251. The Hall–Kier alpha value is -1.46. The van der Waals surface area contributed by atoms with Crippen molar-refractivity contribution in [3.63, 3.8) is 0 Å². The SMILES string of the molecule is CCCCCCCCc1cc(Br)cc2c1-c1c(CCCCCCCC)cc(Br)cc1C2.c1cc2ccc3ccsc3c2s1. The summed E-state index contributed by atoms with van der Waals surface area (Å²) in [6.07, 6.45) is 19.8. The van der Waals surface area contributed by atoms with Crippen molar-refractivity contribution >= 4 is 74.7 Å². The Morgan fingerprint density at radius 1 is 0.535 bits per heavy atom. The van der Waals surface area contributed by atoms with Crippen LogP contribution in [0.2, 0.25) is 0 Å². The molecule has 0 nitrogen and oxygen atoms in total. The van der Waals surface area contributed by atoms with Crippen molar-refractivity contribution in [3.05, 3.63) is 90.5 Å². The summed E-state index contributed by atoms with van der Waals surface area (Å²) in [5.41, 5.74) is 9.30. The molecule has 3 aromatic carbocycles. The molecule has 0 radical (unpaired) electrons. The molecule has 228 valence electrons. The van der Waals surface area contributed by atoms with E-state index in [2.05, 4.69) is 105 Å². The maximum atomic E-state index is 3.80. The summed E-state index contributed by atoms with van der Waals surface area (Å²) in [6.45, 7) is 4.59. The van der Waals surface area contributed by atoms with Gasteiger partial charge in [-0.25, -0.2) is 0 Å². The Morgan fingerprint density at radius 2 is 0.953 bits per heavy atom. The number of thiophene rings is 2. The predicted molar refractivity (Wildman–Crippen MR) is 201 cm³/mol. The molecule has 0 fully saturated rings. The normalized spacial score (nSPS) is 12.0. The molecule has 0 spiro atoms. The molecule has 2 heterocycles. The van der Waals surface area contributed by atoms with Crippen molar-refractivity contribution in [2.75, 3.05) is 0 Å². The zero-order valence-corrected chi connectivity index (χ0v) is 30.8. The lowest BCUT2D eigenvalue weighted by Crippen LogP contribution is -1.96. The topological polar surface area (TPSA) is 0 Å². The zero-order chi connectivity index (χ0) is 30.0. The van der Waals surface area contributed by atoms with E-state index >= 15 is 0 Å². The van der Waals surface area contributed by atoms with Gasteiger partial charge in [0.1, 0.15) is 0 Å². The van der Waals surface area contributed by atoms with E-state index in [1.54, 1.807) is 22.3 Å². The lowest BCUT2D eigenvalue weighted by atomic mass is 9.90. The molecule has 0 unspecified atom stereocenters. The molecule has 6 rings (SSSR count). The second-order valence-corrected chi connectivity index (χ2v) is 15.8. The number of halogens is 2. The first-order chi connectivity index (χ1) is 21.1. The van der Waals surface area contributed by atoms with Gasteiger partial charge in [-0.15, -0.1) is 22.7 Å². The summed E-state index contributed by atoms with van der Waals surface area (Å²) in [5, 5.41) is 7.05. The largest absolute Gasteiger partial charge is 0.142 e. The van der Waals surface area contributed by atoms with Crippen LogP contribution in [0.15, 0.2) is 68.2 Å². The number of aryl methyl sites for hydroxylation is 2. The van der Waals surface area contributed by atoms with Crippen molar-refractivity contribution in [2.24, 2.45) is 0 Å². The highest BCUT2D eigenvalue weighted by molar-refractivity contribution is 9.10. The van der Waals surface area contributed by atoms with E-state index in [0.717, 1.165) is 6.42 Å². The summed E-state index contributed by atoms with van der Waals surface area (Å²) >= 11 is 11.3. The standard InChI is InChI=1S/C29H40Br2.C10H6S2/c1-3-5-7-9-11-13-15-22-18-26(30)20-24-17-25-21-27(31)19-23(29(25)28(22)24)16-14-12-10-8-6-4-2;1-2-8-4-6-12-10(8)9-7(1)3-5-11-9/h18-21H,3-17H2,1-2H3;1-6H. The van der Waals surface area contributed by atoms with Gasteiger partial charge in [0, 0.05) is 8.95 Å². The molecule has 0 saturated carbocycles. The molecule has 5 aromatic rings. The monoisotopic (exact) mass is 736 g/mol. The van der Waals surface area contributed by atoms with Crippen LogP contribution in [0.3, 0.4) is 0 Å². The van der Waals surface area contributed by atoms with Gasteiger partial charge in [-0.05, 0) is 123 Å². The molecule has 0 amide bonds. The van der Waals surface area contributed by atoms with Crippen LogP contribution in [0.25, 0.3) is 31.3 Å². The zero-order valence-electron chi connectivity index (χ0n) is 26.0. The molecule has 1 aliphatic rings. The number of benzene rings is 3. The van der Waals surface area contributed by atoms with Gasteiger partial charge in [0.25, 0.3) is 0 Å². The fourth-order valence-electron chi connectivity index (χ4n) is 6.61. The van der Waals surface area contributed by atoms with Crippen LogP contribution in [-0.2, 0) is 19.3 Å². The number of hydrogen-bond donors (Lipinski definition) is 0. The van der Waals surface area contributed by atoms with Crippen LogP contribution in [0.1, 0.15) is 113 Å². The molecule has 0 atom stereocenters. The smallest absolute Gasteiger partial charge is 0.0521 e. The van der Waals surface area contributed by atoms with Crippen LogP contribution in [0.5, 0.6) is 0 Å². The van der Waals surface area contributed by atoms with Crippen molar-refractivity contribution in [1.82, 2.24) is 0 Å². The Labute approximate surface area is 284 Å². The minimum atomic E-state index is 1.08. The summed E-state index contributed by atoms with van der Waals surface area (Å²) in [5.74, 6) is 0. The highest BCUT2D eigenvalue weighted by Gasteiger charge is 2.25. The minimum absolute atomic E-state index is 1.08. The first kappa shape index (κ1) is 32.9. The number of rotatable bonds is 14. The fourth-order valence-corrected chi connectivity index (χ4v) is 9.70. The molecular weight excluding hydrogens is 692 g/mol. The predicted octanol–water partition coefficient (Wildman–Crippen LogP) is 14.7. The Morgan fingerprint density at radius 3 is 1.40 bits per heavy atom. The average Bonchev–Trinajstić information content (AvgIpc) is 3.74. The highest BCUT2D eigenvalue weighted by Crippen LogP contribution is 2.45. The molecule has 43 heavy (non-hydrogen) atoms. The number of fused-ring (bicyclic) bond motifs is 6. The van der Waals surface area contributed by atoms with Gasteiger partial charge in [-0.1, -0.05) is 122 Å². The molecule has 0 saturated heterocycles. The average molecular weight is 739 g/mol. The molecule has 0 bridgehead atoms. The summed E-state index contributed by atoms with van der Waals surface area (Å²) < 4.78 is 5.36. The van der Waals surface area contributed by atoms with Gasteiger partial charge >= 0.3 is 0 Å². The lowest BCUT2D eigenvalue weighted by molar-refractivity contribution is 0.607. The molecular formula is C39H46Br2S2. The van der Waals surface area contributed by atoms with Gasteiger partial charge in [-0.2, -0.15) is 0 Å². The second kappa shape index (κ2) is 16.7. The van der Waals surface area contributed by atoms with Crippen LogP contribution in [-0.4, -0.2) is 0 Å². The third-order valence-electron chi connectivity index (χ3n) is 8.80. The Bertz CT molecular complexity index is 1490. The molecule has 1 aliphatic carbocycles. The third-order valence-corrected chi connectivity index (χ3v) is 11.7. The minimum Gasteiger partial charge on any atom is -0.142 e. The van der Waals surface area contributed by atoms with E-state index in [0.29, 0.717) is 0 Å². The van der Waals surface area contributed by atoms with E-state index in [1.165, 1.54) is 130 Å². The van der Waals surface area contributed by atoms with E-state index in [9.17, 15) is 0 Å². The van der Waals surface area contributed by atoms with Gasteiger partial charge < -0.3 is 0 Å². The highest BCUT2D eigenvalue weighted by atomic mass is 79.9. The second-order valence-electron chi connectivity index (χ2n) is 12.2. The van der Waals surface area contributed by atoms with E-state index in [4.69, 9.17) is 0 Å². The van der Waals surface area contributed by atoms with Crippen LogP contribution < -0.4 is 0 Å². The first-order valence-electron chi connectivity index (χ1n) is 16.6. The van der Waals surface area contributed by atoms with Gasteiger partial charge in [0.05, 0.1) is 9.40 Å². The Kier molecular flexibility index (Phi) is 12.8. The van der Waals surface area contributed by atoms with Crippen LogP contribution in [0.4, 0.5) is 0 Å². The summed E-state index contributed by atoms with van der Waals surface area (Å²) in [6, 6.07) is 18.3. The summed E-state index contributed by atoms with van der Waals surface area (Å²) in [4.78, 5) is 0. The third kappa shape index (κ3) is 8.63. The van der Waals surface area contributed by atoms with E-state index in [1.807, 2.05) is 22.7 Å². The molecule has 4 heteroatoms. The quantitative estimate of drug-likeness (QED) is 0.0977. The fraction of sp³-hybridized carbons (Fsp3) is 0.436. The molecule has 2 aromatic heterocycles. The number of unbranched alkanes of at least 4 members (excludes halogenated alkanes) is 10. The van der Waals surface area contributed by atoms with E-state index < -0.39 is 0 Å². The number of hydrogen-bond acceptors (Lipinski definition) is 2. The maximum Gasteiger partial charge on any atom is 0.0521 e. The van der Waals surface area contributed by atoms with E-state index in [-0.39, 0.29) is 0 Å². The van der Waals surface area contributed by atoms with Gasteiger partial charge in [-0.3, -0.25) is 0 Å². The molecule has 0 aliphatic heterocycles. The molecule has 0 N–H and O–H groups in total. The lowest BCUT2D eigenvalue weighted by Gasteiger charge is -2.15. The van der Waals surface area contributed by atoms with Crippen LogP contribution in [0, 0.1) is 0 Å². The first-order valence-corrected chi connectivity index (χ1v) is 19.9. The van der Waals surface area contributed by atoms with Gasteiger partial charge in [0.15, 0.2) is 0 Å². The summed E-state index contributed by atoms with van der Waals surface area (Å²) in [7, 11) is 0.